The molecule has 0 atom stereocenters. The van der Waals surface area contributed by atoms with Gasteiger partial charge in [-0.05, 0) is 26.7 Å². The van der Waals surface area contributed by atoms with Gasteiger partial charge in [0.25, 0.3) is 0 Å². The van der Waals surface area contributed by atoms with E-state index in [0.29, 0.717) is 12.8 Å². The lowest BCUT2D eigenvalue weighted by Gasteiger charge is -2.19. The molecular weight excluding hydrogens is 404 g/mol. The molecule has 0 saturated heterocycles. The van der Waals surface area contributed by atoms with Crippen molar-refractivity contribution in [1.29, 1.82) is 0 Å². The molecule has 168 valence electrons. The van der Waals surface area contributed by atoms with Gasteiger partial charge >= 0.3 is 0 Å². The third-order valence-corrected chi connectivity index (χ3v) is 5.38. The summed E-state index contributed by atoms with van der Waals surface area (Å²) in [5, 5.41) is 63.0. The summed E-state index contributed by atoms with van der Waals surface area (Å²) in [5.41, 5.74) is -1.24. The summed E-state index contributed by atoms with van der Waals surface area (Å²) in [6.45, 7) is 6.22. The van der Waals surface area contributed by atoms with E-state index in [-0.39, 0.29) is 46.2 Å². The van der Waals surface area contributed by atoms with Crippen LogP contribution in [0, 0.1) is 13.8 Å². The second-order valence-electron chi connectivity index (χ2n) is 7.57. The number of carbonyl (C=O) groups is 2. The average Bonchev–Trinajstić information content (AvgIpc) is 2.71. The molecule has 0 aliphatic carbocycles. The Morgan fingerprint density at radius 2 is 0.903 bits per heavy atom. The molecule has 0 aromatic heterocycles. The van der Waals surface area contributed by atoms with Gasteiger partial charge in [0.05, 0.1) is 0 Å². The summed E-state index contributed by atoms with van der Waals surface area (Å²) in [6.07, 6.45) is 0.574. The highest BCUT2D eigenvalue weighted by Crippen LogP contribution is 2.47. The van der Waals surface area contributed by atoms with Crippen LogP contribution < -0.4 is 0 Å². The molecule has 6 N–H and O–H groups in total. The van der Waals surface area contributed by atoms with Crippen LogP contribution in [0.1, 0.15) is 82.5 Å². The summed E-state index contributed by atoms with van der Waals surface area (Å²) in [6, 6.07) is 0. The van der Waals surface area contributed by atoms with E-state index >= 15 is 0 Å². The number of hydrogen-bond acceptors (Lipinski definition) is 8. The number of phenols is 6. The Bertz CT molecular complexity index is 970. The van der Waals surface area contributed by atoms with Crippen molar-refractivity contribution in [2.24, 2.45) is 0 Å². The van der Waals surface area contributed by atoms with Gasteiger partial charge in [-0.1, -0.05) is 13.8 Å². The molecule has 2 aromatic rings. The number of carbonyl (C=O) groups excluding carboxylic acids is 2. The molecule has 0 saturated carbocycles. The van der Waals surface area contributed by atoms with Crippen LogP contribution in [0.2, 0.25) is 0 Å². The molecule has 2 rings (SSSR count). The third-order valence-electron chi connectivity index (χ3n) is 5.38. The van der Waals surface area contributed by atoms with Gasteiger partial charge in [0.15, 0.2) is 11.6 Å². The van der Waals surface area contributed by atoms with E-state index in [1.54, 1.807) is 13.8 Å². The second-order valence-corrected chi connectivity index (χ2v) is 7.57. The zero-order valence-corrected chi connectivity index (χ0v) is 18.0. The molecule has 0 heterocycles. The van der Waals surface area contributed by atoms with Crippen LogP contribution in [0.15, 0.2) is 0 Å². The van der Waals surface area contributed by atoms with Crippen LogP contribution in [0.3, 0.4) is 0 Å². The van der Waals surface area contributed by atoms with Gasteiger partial charge in [0.1, 0.15) is 45.6 Å². The number of Topliss-reactive ketones (excluding diaryl/α,β-unsaturated/α-hetero) is 2. The van der Waals surface area contributed by atoms with E-state index in [2.05, 4.69) is 0 Å². The van der Waals surface area contributed by atoms with E-state index in [0.717, 1.165) is 0 Å². The minimum Gasteiger partial charge on any atom is -0.507 e. The van der Waals surface area contributed by atoms with E-state index in [4.69, 9.17) is 0 Å². The van der Waals surface area contributed by atoms with Crippen LogP contribution in [0.4, 0.5) is 0 Å². The quantitative estimate of drug-likeness (QED) is 0.341. The Morgan fingerprint density at radius 1 is 0.581 bits per heavy atom. The Hall–Kier alpha value is -3.42. The van der Waals surface area contributed by atoms with Crippen molar-refractivity contribution in [2.75, 3.05) is 0 Å². The molecule has 0 spiro atoms. The monoisotopic (exact) mass is 432 g/mol. The van der Waals surface area contributed by atoms with Gasteiger partial charge in [-0.2, -0.15) is 0 Å². The van der Waals surface area contributed by atoms with Gasteiger partial charge < -0.3 is 30.6 Å². The summed E-state index contributed by atoms with van der Waals surface area (Å²) < 4.78 is 0. The first-order valence-corrected chi connectivity index (χ1v) is 10.1. The van der Waals surface area contributed by atoms with Gasteiger partial charge in [0, 0.05) is 41.5 Å². The van der Waals surface area contributed by atoms with E-state index in [9.17, 15) is 40.2 Å². The van der Waals surface area contributed by atoms with Gasteiger partial charge in [0.2, 0.25) is 0 Å². The van der Waals surface area contributed by atoms with Gasteiger partial charge in [-0.3, -0.25) is 9.59 Å². The molecule has 0 unspecified atom stereocenters. The molecule has 31 heavy (non-hydrogen) atoms. The van der Waals surface area contributed by atoms with Crippen LogP contribution in [-0.2, 0) is 6.42 Å². The highest BCUT2D eigenvalue weighted by molar-refractivity contribution is 6.03. The fraction of sp³-hybridized carbons (Fsp3) is 0.391. The smallest absolute Gasteiger partial charge is 0.170 e. The van der Waals surface area contributed by atoms with Crippen LogP contribution in [0.25, 0.3) is 0 Å². The first kappa shape index (κ1) is 23.9. The maximum absolute atomic E-state index is 12.4. The van der Waals surface area contributed by atoms with Crippen molar-refractivity contribution in [2.45, 2.75) is 59.8 Å². The van der Waals surface area contributed by atoms with Gasteiger partial charge in [-0.25, -0.2) is 0 Å². The number of aromatic hydroxyl groups is 6. The van der Waals surface area contributed by atoms with Crippen molar-refractivity contribution >= 4 is 11.6 Å². The predicted molar refractivity (Wildman–Crippen MR) is 114 cm³/mol. The molecule has 0 fully saturated rings. The molecule has 2 aromatic carbocycles. The zero-order chi connectivity index (χ0) is 23.6. The van der Waals surface area contributed by atoms with Crippen LogP contribution >= 0.6 is 0 Å². The first-order chi connectivity index (χ1) is 14.5. The Kier molecular flexibility index (Phi) is 7.05. The number of phenolic OH excluding ortho intramolecular Hbond substituents is 6. The fourth-order valence-corrected chi connectivity index (χ4v) is 3.55. The standard InChI is InChI=1S/C23H28O8/c1-5-7-14(24)16-20(28)10(3)18(26)12(22(16)30)9-13-19(27)11(4)21(29)17(23(13)31)15(25)8-6-2/h26-31H,5-9H2,1-4H3. The number of rotatable bonds is 8. The van der Waals surface area contributed by atoms with Crippen molar-refractivity contribution in [3.63, 3.8) is 0 Å². The van der Waals surface area contributed by atoms with Crippen molar-refractivity contribution in [1.82, 2.24) is 0 Å². The summed E-state index contributed by atoms with van der Waals surface area (Å²) in [4.78, 5) is 24.8. The van der Waals surface area contributed by atoms with Crippen molar-refractivity contribution in [3.8, 4) is 34.5 Å². The molecular formula is C23H28O8. The van der Waals surface area contributed by atoms with Crippen LogP contribution in [-0.4, -0.2) is 42.2 Å². The van der Waals surface area contributed by atoms with E-state index < -0.39 is 52.5 Å². The van der Waals surface area contributed by atoms with E-state index in [1.807, 2.05) is 0 Å². The molecule has 8 nitrogen and oxygen atoms in total. The first-order valence-electron chi connectivity index (χ1n) is 10.1. The molecule has 8 heteroatoms. The molecule has 0 aliphatic heterocycles. The second kappa shape index (κ2) is 9.16. The Morgan fingerprint density at radius 3 is 1.19 bits per heavy atom. The summed E-state index contributed by atoms with van der Waals surface area (Å²) >= 11 is 0. The lowest BCUT2D eigenvalue weighted by Crippen LogP contribution is -2.06. The lowest BCUT2D eigenvalue weighted by atomic mass is 9.90. The highest BCUT2D eigenvalue weighted by atomic mass is 16.3. The zero-order valence-electron chi connectivity index (χ0n) is 18.0. The lowest BCUT2D eigenvalue weighted by molar-refractivity contribution is 0.0967. The Labute approximate surface area is 180 Å². The SMILES string of the molecule is CCCC(=O)c1c(O)c(C)c(O)c(Cc2c(O)c(C)c(O)c(C(=O)CCC)c2O)c1O. The minimum atomic E-state index is -0.676. The van der Waals surface area contributed by atoms with Crippen molar-refractivity contribution < 1.29 is 40.2 Å². The van der Waals surface area contributed by atoms with Gasteiger partial charge in [-0.15, -0.1) is 0 Å². The predicted octanol–water partition coefficient (Wildman–Crippen LogP) is 4.09. The molecule has 0 amide bonds. The largest absolute Gasteiger partial charge is 0.507 e. The molecule has 0 aliphatic rings. The summed E-state index contributed by atoms with van der Waals surface area (Å²) in [7, 11) is 0. The number of hydrogen-bond donors (Lipinski definition) is 6. The van der Waals surface area contributed by atoms with E-state index in [1.165, 1.54) is 13.8 Å². The van der Waals surface area contributed by atoms with Crippen LogP contribution in [0.5, 0.6) is 34.5 Å². The minimum absolute atomic E-state index is 0.0509. The molecule has 0 bridgehead atoms. The number of benzene rings is 2. The van der Waals surface area contributed by atoms with Crippen molar-refractivity contribution in [3.05, 3.63) is 33.4 Å². The maximum Gasteiger partial charge on any atom is 0.170 e. The Balaban J connectivity index is 2.77. The number of ketones is 2. The average molecular weight is 432 g/mol. The fourth-order valence-electron chi connectivity index (χ4n) is 3.55. The molecule has 0 radical (unpaired) electrons. The third kappa shape index (κ3) is 4.10. The summed E-state index contributed by atoms with van der Waals surface area (Å²) in [5.74, 6) is -4.55. The topological polar surface area (TPSA) is 156 Å². The highest BCUT2D eigenvalue weighted by Gasteiger charge is 2.30. The maximum atomic E-state index is 12.4. The normalized spacial score (nSPS) is 11.0.